The van der Waals surface area contributed by atoms with E-state index in [1.54, 1.807) is 6.92 Å². The van der Waals surface area contributed by atoms with E-state index in [1.807, 2.05) is 6.92 Å². The first-order valence-corrected chi connectivity index (χ1v) is 9.67. The number of hydrogen-bond donors (Lipinski definition) is 3. The summed E-state index contributed by atoms with van der Waals surface area (Å²) in [4.78, 5) is 26.4. The maximum Gasteiger partial charge on any atom is 0.315 e. The highest BCUT2D eigenvalue weighted by Gasteiger charge is 2.27. The number of hydrogen-bond acceptors (Lipinski definition) is 4. The summed E-state index contributed by atoms with van der Waals surface area (Å²) in [6.07, 6.45) is 3.04. The van der Waals surface area contributed by atoms with Crippen molar-refractivity contribution in [1.82, 2.24) is 20.9 Å². The van der Waals surface area contributed by atoms with Gasteiger partial charge in [0.15, 0.2) is 0 Å². The van der Waals surface area contributed by atoms with Crippen molar-refractivity contribution in [1.29, 1.82) is 0 Å². The lowest BCUT2D eigenvalue weighted by atomic mass is 9.92. The Bertz CT molecular complexity index is 396. The summed E-state index contributed by atoms with van der Waals surface area (Å²) in [5.74, 6) is 0.380. The van der Waals surface area contributed by atoms with Crippen LogP contribution >= 0.6 is 0 Å². The third-order valence-corrected chi connectivity index (χ3v) is 4.87. The van der Waals surface area contributed by atoms with Crippen molar-refractivity contribution >= 4 is 11.9 Å². The van der Waals surface area contributed by atoms with E-state index in [-0.39, 0.29) is 11.9 Å². The summed E-state index contributed by atoms with van der Waals surface area (Å²) >= 11 is 0. The predicted octanol–water partition coefficient (Wildman–Crippen LogP) is 1.34. The molecule has 0 unspecified atom stereocenters. The second kappa shape index (κ2) is 12.1. The number of ether oxygens (including phenoxy) is 1. The standard InChI is InChI=1S/C18H36N4O3/c1-5-8-19-17(23)14(4)21-18(24)20-13-16(15(6-2)7-3)22-9-11-25-12-10-22/h14-16H,5-13H2,1-4H3,(H,19,23)(H2,20,21,24)/t14-,16-/m0/s1. The zero-order chi connectivity index (χ0) is 18.7. The quantitative estimate of drug-likeness (QED) is 0.552. The summed E-state index contributed by atoms with van der Waals surface area (Å²) < 4.78 is 5.45. The van der Waals surface area contributed by atoms with Gasteiger partial charge in [0.2, 0.25) is 5.91 Å². The Morgan fingerprint density at radius 3 is 2.28 bits per heavy atom. The van der Waals surface area contributed by atoms with Crippen molar-refractivity contribution < 1.29 is 14.3 Å². The molecule has 3 amide bonds. The summed E-state index contributed by atoms with van der Waals surface area (Å²) in [5.41, 5.74) is 0. The number of urea groups is 1. The molecule has 146 valence electrons. The lowest BCUT2D eigenvalue weighted by Crippen LogP contribution is -2.54. The first kappa shape index (κ1) is 21.7. The number of nitrogens with one attached hydrogen (secondary N) is 3. The lowest BCUT2D eigenvalue weighted by molar-refractivity contribution is -0.122. The Balaban J connectivity index is 2.51. The fourth-order valence-corrected chi connectivity index (χ4v) is 3.25. The average Bonchev–Trinajstić information content (AvgIpc) is 2.63. The molecule has 3 N–H and O–H groups in total. The van der Waals surface area contributed by atoms with Crippen molar-refractivity contribution in [3.63, 3.8) is 0 Å². The molecule has 7 nitrogen and oxygen atoms in total. The molecule has 0 aromatic heterocycles. The second-order valence-electron chi connectivity index (χ2n) is 6.66. The SMILES string of the molecule is CCCNC(=O)[C@H](C)NC(=O)NC[C@@H](C(CC)CC)N1CCOCC1. The van der Waals surface area contributed by atoms with E-state index in [2.05, 4.69) is 34.7 Å². The minimum Gasteiger partial charge on any atom is -0.379 e. The van der Waals surface area contributed by atoms with Crippen molar-refractivity contribution in [3.8, 4) is 0 Å². The van der Waals surface area contributed by atoms with Crippen LogP contribution in [0.4, 0.5) is 4.79 Å². The van der Waals surface area contributed by atoms with Gasteiger partial charge in [-0.1, -0.05) is 33.6 Å². The first-order chi connectivity index (χ1) is 12.0. The molecule has 0 aromatic rings. The van der Waals surface area contributed by atoms with Gasteiger partial charge in [0.25, 0.3) is 0 Å². The Kier molecular flexibility index (Phi) is 10.5. The minimum atomic E-state index is -0.540. The Morgan fingerprint density at radius 1 is 1.08 bits per heavy atom. The van der Waals surface area contributed by atoms with E-state index in [0.29, 0.717) is 25.0 Å². The zero-order valence-corrected chi connectivity index (χ0v) is 16.3. The second-order valence-corrected chi connectivity index (χ2v) is 6.66. The average molecular weight is 357 g/mol. The van der Waals surface area contributed by atoms with Crippen molar-refractivity contribution in [2.75, 3.05) is 39.4 Å². The topological polar surface area (TPSA) is 82.7 Å². The fourth-order valence-electron chi connectivity index (χ4n) is 3.25. The van der Waals surface area contributed by atoms with Crippen molar-refractivity contribution in [2.24, 2.45) is 5.92 Å². The number of rotatable bonds is 10. The van der Waals surface area contributed by atoms with Gasteiger partial charge in [0.05, 0.1) is 13.2 Å². The first-order valence-electron chi connectivity index (χ1n) is 9.67. The molecule has 0 bridgehead atoms. The molecule has 1 aliphatic rings. The maximum atomic E-state index is 12.2. The van der Waals surface area contributed by atoms with Crippen LogP contribution in [0.3, 0.4) is 0 Å². The van der Waals surface area contributed by atoms with Gasteiger partial charge in [0.1, 0.15) is 6.04 Å². The highest BCUT2D eigenvalue weighted by atomic mass is 16.5. The molecule has 0 saturated carbocycles. The van der Waals surface area contributed by atoms with Crippen LogP contribution in [0.25, 0.3) is 0 Å². The smallest absolute Gasteiger partial charge is 0.315 e. The third kappa shape index (κ3) is 7.61. The summed E-state index contributed by atoms with van der Waals surface area (Å²) in [6, 6.07) is -0.529. The molecular formula is C18H36N4O3. The zero-order valence-electron chi connectivity index (χ0n) is 16.3. The molecule has 1 rings (SSSR count). The van der Waals surface area contributed by atoms with Gasteiger partial charge in [-0.3, -0.25) is 9.69 Å². The van der Waals surface area contributed by atoms with Gasteiger partial charge >= 0.3 is 6.03 Å². The number of carbonyl (C=O) groups excluding carboxylic acids is 2. The van der Waals surface area contributed by atoms with Crippen molar-refractivity contribution in [2.45, 2.75) is 59.0 Å². The molecule has 1 heterocycles. The Morgan fingerprint density at radius 2 is 1.72 bits per heavy atom. The monoisotopic (exact) mass is 356 g/mol. The van der Waals surface area contributed by atoms with Gasteiger partial charge in [-0.15, -0.1) is 0 Å². The summed E-state index contributed by atoms with van der Waals surface area (Å²) in [5, 5.41) is 8.46. The molecule has 1 fully saturated rings. The predicted molar refractivity (Wildman–Crippen MR) is 99.5 cm³/mol. The molecule has 2 atom stereocenters. The van der Waals surface area contributed by atoms with Gasteiger partial charge in [-0.05, 0) is 19.3 Å². The van der Waals surface area contributed by atoms with Crippen LogP contribution in [0.5, 0.6) is 0 Å². The lowest BCUT2D eigenvalue weighted by Gasteiger charge is -2.38. The number of carbonyl (C=O) groups is 2. The van der Waals surface area contributed by atoms with Gasteiger partial charge in [-0.2, -0.15) is 0 Å². The van der Waals surface area contributed by atoms with Crippen LogP contribution < -0.4 is 16.0 Å². The van der Waals surface area contributed by atoms with E-state index in [9.17, 15) is 9.59 Å². The van der Waals surface area contributed by atoms with Crippen LogP contribution in [0.15, 0.2) is 0 Å². The van der Waals surface area contributed by atoms with Gasteiger partial charge in [-0.25, -0.2) is 4.79 Å². The molecule has 0 aliphatic carbocycles. The minimum absolute atomic E-state index is 0.151. The highest BCUT2D eigenvalue weighted by molar-refractivity contribution is 5.86. The number of amides is 3. The highest BCUT2D eigenvalue weighted by Crippen LogP contribution is 2.19. The van der Waals surface area contributed by atoms with E-state index in [4.69, 9.17) is 4.74 Å². The van der Waals surface area contributed by atoms with Gasteiger partial charge in [0, 0.05) is 32.2 Å². The van der Waals surface area contributed by atoms with Crippen LogP contribution in [0, 0.1) is 5.92 Å². The van der Waals surface area contributed by atoms with E-state index >= 15 is 0 Å². The van der Waals surface area contributed by atoms with Crippen LogP contribution in [0.1, 0.15) is 47.0 Å². The van der Waals surface area contributed by atoms with E-state index in [0.717, 1.165) is 45.6 Å². The molecule has 0 aromatic carbocycles. The van der Waals surface area contributed by atoms with E-state index in [1.165, 1.54) is 0 Å². The normalized spacial score (nSPS) is 17.8. The van der Waals surface area contributed by atoms with Crippen LogP contribution in [-0.4, -0.2) is 68.3 Å². The molecule has 0 radical (unpaired) electrons. The Hall–Kier alpha value is -1.34. The van der Waals surface area contributed by atoms with Crippen LogP contribution in [0.2, 0.25) is 0 Å². The molecule has 0 spiro atoms. The maximum absolute atomic E-state index is 12.2. The molecule has 1 aliphatic heterocycles. The molecule has 1 saturated heterocycles. The van der Waals surface area contributed by atoms with Gasteiger partial charge < -0.3 is 20.7 Å². The Labute approximate surface area is 152 Å². The van der Waals surface area contributed by atoms with Crippen molar-refractivity contribution in [3.05, 3.63) is 0 Å². The van der Waals surface area contributed by atoms with Crippen LogP contribution in [-0.2, 0) is 9.53 Å². The number of morpholine rings is 1. The summed E-state index contributed by atoms with van der Waals surface area (Å²) in [7, 11) is 0. The molecule has 7 heteroatoms. The van der Waals surface area contributed by atoms with E-state index < -0.39 is 6.04 Å². The third-order valence-electron chi connectivity index (χ3n) is 4.87. The number of nitrogens with zero attached hydrogens (tertiary/aromatic N) is 1. The largest absolute Gasteiger partial charge is 0.379 e. The molecule has 25 heavy (non-hydrogen) atoms. The summed E-state index contributed by atoms with van der Waals surface area (Å²) in [6.45, 7) is 12.6. The fraction of sp³-hybridized carbons (Fsp3) is 0.889. The molecular weight excluding hydrogens is 320 g/mol.